The molecule has 0 bridgehead atoms. The van der Waals surface area contributed by atoms with Gasteiger partial charge in [0, 0.05) is 19.7 Å². The van der Waals surface area contributed by atoms with Gasteiger partial charge in [-0.3, -0.25) is 4.79 Å². The predicted molar refractivity (Wildman–Crippen MR) is 68.7 cm³/mol. The van der Waals surface area contributed by atoms with Gasteiger partial charge < -0.3 is 15.4 Å². The average Bonchev–Trinajstić information content (AvgIpc) is 2.35. The quantitative estimate of drug-likeness (QED) is 0.768. The molecule has 1 fully saturated rings. The van der Waals surface area contributed by atoms with Gasteiger partial charge in [-0.25, -0.2) is 0 Å². The molecule has 4 nitrogen and oxygen atoms in total. The number of nitrogens with zero attached hydrogens (tertiary/aromatic N) is 1. The fraction of sp³-hybridized carbons (Fsp3) is 0.923. The molecule has 100 valence electrons. The lowest BCUT2D eigenvalue weighted by Gasteiger charge is -2.34. The van der Waals surface area contributed by atoms with Crippen LogP contribution in [-0.2, 0) is 9.53 Å². The number of ether oxygens (including phenoxy) is 1. The largest absolute Gasteiger partial charge is 0.377 e. The number of nitrogens with two attached hydrogens (primary N) is 1. The van der Waals surface area contributed by atoms with Gasteiger partial charge in [0.05, 0.1) is 12.1 Å². The van der Waals surface area contributed by atoms with Crippen LogP contribution in [0.25, 0.3) is 0 Å². The van der Waals surface area contributed by atoms with Crippen LogP contribution in [-0.4, -0.2) is 42.6 Å². The maximum Gasteiger partial charge on any atom is 0.239 e. The second kappa shape index (κ2) is 7.67. The van der Waals surface area contributed by atoms with E-state index in [0.717, 1.165) is 38.6 Å². The van der Waals surface area contributed by atoms with E-state index in [-0.39, 0.29) is 18.1 Å². The molecule has 0 radical (unpaired) electrons. The Morgan fingerprint density at radius 3 is 2.94 bits per heavy atom. The Morgan fingerprint density at radius 2 is 2.29 bits per heavy atom. The van der Waals surface area contributed by atoms with Crippen molar-refractivity contribution in [3.63, 3.8) is 0 Å². The molecule has 1 rings (SSSR count). The molecule has 1 amide bonds. The SMILES string of the molecule is CCCCC(N)C(=O)N1CCCC(OCC)C1. The summed E-state index contributed by atoms with van der Waals surface area (Å²) in [6.45, 7) is 6.38. The normalized spacial score (nSPS) is 22.5. The molecule has 4 heteroatoms. The number of carbonyl (C=O) groups is 1. The summed E-state index contributed by atoms with van der Waals surface area (Å²) in [6, 6.07) is -0.324. The Bertz CT molecular complexity index is 231. The van der Waals surface area contributed by atoms with E-state index in [9.17, 15) is 4.79 Å². The minimum Gasteiger partial charge on any atom is -0.377 e. The molecule has 0 saturated carbocycles. The van der Waals surface area contributed by atoms with E-state index in [0.29, 0.717) is 13.2 Å². The molecule has 0 spiro atoms. The van der Waals surface area contributed by atoms with Crippen molar-refractivity contribution in [2.75, 3.05) is 19.7 Å². The first kappa shape index (κ1) is 14.5. The highest BCUT2D eigenvalue weighted by molar-refractivity contribution is 5.81. The van der Waals surface area contributed by atoms with Crippen LogP contribution in [0.1, 0.15) is 46.0 Å². The number of carbonyl (C=O) groups excluding carboxylic acids is 1. The molecule has 0 aliphatic carbocycles. The molecule has 17 heavy (non-hydrogen) atoms. The first-order valence-electron chi connectivity index (χ1n) is 6.85. The number of hydrogen-bond acceptors (Lipinski definition) is 3. The lowest BCUT2D eigenvalue weighted by Crippen LogP contribution is -2.49. The summed E-state index contributed by atoms with van der Waals surface area (Å²) in [6.07, 6.45) is 5.19. The Balaban J connectivity index is 2.39. The molecule has 2 atom stereocenters. The number of hydrogen-bond donors (Lipinski definition) is 1. The zero-order chi connectivity index (χ0) is 12.7. The van der Waals surface area contributed by atoms with Gasteiger partial charge in [0.1, 0.15) is 0 Å². The summed E-state index contributed by atoms with van der Waals surface area (Å²) in [5.74, 6) is 0.0999. The van der Waals surface area contributed by atoms with Crippen LogP contribution in [0.15, 0.2) is 0 Å². The van der Waals surface area contributed by atoms with E-state index in [2.05, 4.69) is 6.92 Å². The molecule has 2 N–H and O–H groups in total. The highest BCUT2D eigenvalue weighted by Crippen LogP contribution is 2.14. The summed E-state index contributed by atoms with van der Waals surface area (Å²) in [7, 11) is 0. The minimum absolute atomic E-state index is 0.0999. The summed E-state index contributed by atoms with van der Waals surface area (Å²) in [5, 5.41) is 0. The topological polar surface area (TPSA) is 55.6 Å². The number of piperidine rings is 1. The number of amides is 1. The Labute approximate surface area is 104 Å². The van der Waals surface area contributed by atoms with E-state index < -0.39 is 0 Å². The van der Waals surface area contributed by atoms with Crippen molar-refractivity contribution < 1.29 is 9.53 Å². The van der Waals surface area contributed by atoms with Crippen LogP contribution in [0.2, 0.25) is 0 Å². The van der Waals surface area contributed by atoms with Crippen LogP contribution in [0.3, 0.4) is 0 Å². The summed E-state index contributed by atoms with van der Waals surface area (Å²) < 4.78 is 5.59. The number of rotatable bonds is 6. The summed E-state index contributed by atoms with van der Waals surface area (Å²) in [4.78, 5) is 14.0. The van der Waals surface area contributed by atoms with Crippen LogP contribution in [0, 0.1) is 0 Å². The lowest BCUT2D eigenvalue weighted by molar-refractivity contribution is -0.136. The Kier molecular flexibility index (Phi) is 6.52. The molecule has 0 aromatic carbocycles. The molecular formula is C13H26N2O2. The van der Waals surface area contributed by atoms with Gasteiger partial charge in [0.15, 0.2) is 0 Å². The lowest BCUT2D eigenvalue weighted by atomic mass is 10.0. The van der Waals surface area contributed by atoms with Crippen molar-refractivity contribution in [2.45, 2.75) is 58.1 Å². The zero-order valence-corrected chi connectivity index (χ0v) is 11.2. The van der Waals surface area contributed by atoms with Gasteiger partial charge in [-0.15, -0.1) is 0 Å². The highest BCUT2D eigenvalue weighted by atomic mass is 16.5. The molecule has 1 heterocycles. The fourth-order valence-corrected chi connectivity index (χ4v) is 2.29. The van der Waals surface area contributed by atoms with Gasteiger partial charge in [-0.1, -0.05) is 19.8 Å². The Hall–Kier alpha value is -0.610. The molecule has 1 aliphatic heterocycles. The van der Waals surface area contributed by atoms with Gasteiger partial charge >= 0.3 is 0 Å². The van der Waals surface area contributed by atoms with Crippen molar-refractivity contribution in [3.05, 3.63) is 0 Å². The number of likely N-dealkylation sites (tertiary alicyclic amines) is 1. The molecule has 1 aliphatic rings. The molecule has 1 saturated heterocycles. The van der Waals surface area contributed by atoms with Crippen molar-refractivity contribution in [1.29, 1.82) is 0 Å². The van der Waals surface area contributed by atoms with Crippen LogP contribution in [0.4, 0.5) is 0 Å². The maximum absolute atomic E-state index is 12.1. The first-order valence-corrected chi connectivity index (χ1v) is 6.85. The van der Waals surface area contributed by atoms with E-state index in [1.54, 1.807) is 0 Å². The number of unbranched alkanes of at least 4 members (excludes halogenated alkanes) is 1. The van der Waals surface area contributed by atoms with Crippen molar-refractivity contribution in [1.82, 2.24) is 4.90 Å². The van der Waals surface area contributed by atoms with Crippen molar-refractivity contribution in [3.8, 4) is 0 Å². The maximum atomic E-state index is 12.1. The smallest absolute Gasteiger partial charge is 0.239 e. The van der Waals surface area contributed by atoms with Crippen LogP contribution >= 0.6 is 0 Å². The van der Waals surface area contributed by atoms with E-state index in [1.807, 2.05) is 11.8 Å². The first-order chi connectivity index (χ1) is 8.19. The Morgan fingerprint density at radius 1 is 1.53 bits per heavy atom. The van der Waals surface area contributed by atoms with Gasteiger partial charge in [-0.2, -0.15) is 0 Å². The fourth-order valence-electron chi connectivity index (χ4n) is 2.29. The van der Waals surface area contributed by atoms with E-state index in [4.69, 9.17) is 10.5 Å². The second-order valence-corrected chi connectivity index (χ2v) is 4.75. The predicted octanol–water partition coefficient (Wildman–Crippen LogP) is 1.53. The second-order valence-electron chi connectivity index (χ2n) is 4.75. The minimum atomic E-state index is -0.324. The van der Waals surface area contributed by atoms with Crippen molar-refractivity contribution >= 4 is 5.91 Å². The van der Waals surface area contributed by atoms with Gasteiger partial charge in [-0.05, 0) is 26.2 Å². The van der Waals surface area contributed by atoms with E-state index in [1.165, 1.54) is 0 Å². The molecule has 0 aromatic rings. The standard InChI is InChI=1S/C13H26N2O2/c1-3-5-8-12(14)13(16)15-9-6-7-11(10-15)17-4-2/h11-12H,3-10,14H2,1-2H3. The third-order valence-corrected chi connectivity index (χ3v) is 3.28. The third-order valence-electron chi connectivity index (χ3n) is 3.28. The zero-order valence-electron chi connectivity index (χ0n) is 11.2. The van der Waals surface area contributed by atoms with Gasteiger partial charge in [0.2, 0.25) is 5.91 Å². The monoisotopic (exact) mass is 242 g/mol. The van der Waals surface area contributed by atoms with Gasteiger partial charge in [0.25, 0.3) is 0 Å². The van der Waals surface area contributed by atoms with Crippen molar-refractivity contribution in [2.24, 2.45) is 5.73 Å². The average molecular weight is 242 g/mol. The third kappa shape index (κ3) is 4.64. The molecule has 2 unspecified atom stereocenters. The van der Waals surface area contributed by atoms with E-state index >= 15 is 0 Å². The van der Waals surface area contributed by atoms with Crippen LogP contribution in [0.5, 0.6) is 0 Å². The summed E-state index contributed by atoms with van der Waals surface area (Å²) >= 11 is 0. The molecule has 0 aromatic heterocycles. The molecular weight excluding hydrogens is 216 g/mol. The van der Waals surface area contributed by atoms with Crippen LogP contribution < -0.4 is 5.73 Å². The highest BCUT2D eigenvalue weighted by Gasteiger charge is 2.26. The summed E-state index contributed by atoms with van der Waals surface area (Å²) in [5.41, 5.74) is 5.92.